The molecule has 6 nitrogen and oxygen atoms in total. The minimum absolute atomic E-state index is 0.0256. The summed E-state index contributed by atoms with van der Waals surface area (Å²) in [6.07, 6.45) is 1.81. The number of aromatic amines is 1. The molecular weight excluding hydrogens is 230 g/mol. The Morgan fingerprint density at radius 2 is 2.38 bits per heavy atom. The van der Waals surface area contributed by atoms with Gasteiger partial charge in [0.2, 0.25) is 0 Å². The molecule has 0 atom stereocenters. The highest BCUT2D eigenvalue weighted by atomic mass is 32.2. The number of carboxylic acids is 1. The molecule has 0 unspecified atom stereocenters. The summed E-state index contributed by atoms with van der Waals surface area (Å²) < 4.78 is 4.89. The van der Waals surface area contributed by atoms with Gasteiger partial charge in [0, 0.05) is 6.07 Å². The zero-order valence-electron chi connectivity index (χ0n) is 8.64. The molecule has 2 aromatic heterocycles. The minimum Gasteiger partial charge on any atom is -0.477 e. The number of aryl methyl sites for hydroxylation is 1. The Bertz CT molecular complexity index is 532. The SMILES string of the molecule is CSc1nc(-c2cc(C)on2)c(C(=O)O)[nH]1. The molecule has 0 radical (unpaired) electrons. The molecule has 0 saturated heterocycles. The van der Waals surface area contributed by atoms with E-state index in [0.29, 0.717) is 22.3 Å². The zero-order chi connectivity index (χ0) is 11.7. The van der Waals surface area contributed by atoms with Crippen molar-refractivity contribution in [2.45, 2.75) is 12.1 Å². The van der Waals surface area contributed by atoms with Crippen molar-refractivity contribution >= 4 is 17.7 Å². The molecule has 2 aromatic rings. The second-order valence-electron chi connectivity index (χ2n) is 3.10. The number of nitrogens with one attached hydrogen (secondary N) is 1. The van der Waals surface area contributed by atoms with Gasteiger partial charge in [0.25, 0.3) is 0 Å². The van der Waals surface area contributed by atoms with Gasteiger partial charge in [-0.3, -0.25) is 0 Å². The second kappa shape index (κ2) is 4.01. The maximum atomic E-state index is 11.0. The third kappa shape index (κ3) is 1.81. The van der Waals surface area contributed by atoms with Crippen LogP contribution in [0.1, 0.15) is 16.2 Å². The van der Waals surface area contributed by atoms with Crippen molar-refractivity contribution in [2.75, 3.05) is 6.26 Å². The van der Waals surface area contributed by atoms with Gasteiger partial charge in [-0.1, -0.05) is 16.9 Å². The van der Waals surface area contributed by atoms with E-state index in [-0.39, 0.29) is 5.69 Å². The summed E-state index contributed by atoms with van der Waals surface area (Å²) in [6, 6.07) is 1.65. The van der Waals surface area contributed by atoms with E-state index in [0.717, 1.165) is 0 Å². The number of carboxylic acid groups (broad SMARTS) is 1. The maximum Gasteiger partial charge on any atom is 0.354 e. The van der Waals surface area contributed by atoms with Crippen molar-refractivity contribution in [3.05, 3.63) is 17.5 Å². The molecule has 0 spiro atoms. The molecule has 84 valence electrons. The van der Waals surface area contributed by atoms with Gasteiger partial charge in [-0.15, -0.1) is 0 Å². The number of aromatic carboxylic acids is 1. The van der Waals surface area contributed by atoms with E-state index >= 15 is 0 Å². The summed E-state index contributed by atoms with van der Waals surface area (Å²) in [5, 5.41) is 13.3. The van der Waals surface area contributed by atoms with Gasteiger partial charge < -0.3 is 14.6 Å². The molecule has 2 N–H and O–H groups in total. The number of aromatic nitrogens is 3. The zero-order valence-corrected chi connectivity index (χ0v) is 9.46. The van der Waals surface area contributed by atoms with Crippen LogP contribution in [0.2, 0.25) is 0 Å². The Morgan fingerprint density at radius 1 is 1.62 bits per heavy atom. The van der Waals surface area contributed by atoms with Gasteiger partial charge in [-0.2, -0.15) is 0 Å². The molecule has 0 aliphatic heterocycles. The van der Waals surface area contributed by atoms with E-state index in [9.17, 15) is 4.79 Å². The summed E-state index contributed by atoms with van der Waals surface area (Å²) >= 11 is 1.33. The van der Waals surface area contributed by atoms with Gasteiger partial charge >= 0.3 is 5.97 Å². The third-order valence-corrected chi connectivity index (χ3v) is 2.54. The number of rotatable bonds is 3. The number of hydrogen-bond donors (Lipinski definition) is 2. The van der Waals surface area contributed by atoms with Gasteiger partial charge in [0.1, 0.15) is 17.1 Å². The van der Waals surface area contributed by atoms with E-state index in [1.807, 2.05) is 6.26 Å². The minimum atomic E-state index is -1.07. The molecule has 0 amide bonds. The molecule has 16 heavy (non-hydrogen) atoms. The Morgan fingerprint density at radius 3 is 2.88 bits per heavy atom. The van der Waals surface area contributed by atoms with Crippen LogP contribution in [0.4, 0.5) is 0 Å². The predicted molar refractivity (Wildman–Crippen MR) is 57.6 cm³/mol. The fourth-order valence-corrected chi connectivity index (χ4v) is 1.65. The average Bonchev–Trinajstić information content (AvgIpc) is 2.82. The van der Waals surface area contributed by atoms with Crippen molar-refractivity contribution in [3.8, 4) is 11.4 Å². The van der Waals surface area contributed by atoms with E-state index in [2.05, 4.69) is 15.1 Å². The van der Waals surface area contributed by atoms with Crippen LogP contribution in [0.5, 0.6) is 0 Å². The number of hydrogen-bond acceptors (Lipinski definition) is 5. The first-order valence-corrected chi connectivity index (χ1v) is 5.65. The van der Waals surface area contributed by atoms with Crippen molar-refractivity contribution in [1.82, 2.24) is 15.1 Å². The first-order chi connectivity index (χ1) is 7.61. The first kappa shape index (κ1) is 10.7. The number of imidazole rings is 1. The lowest BCUT2D eigenvalue weighted by molar-refractivity contribution is 0.0691. The van der Waals surface area contributed by atoms with Gasteiger partial charge in [0.15, 0.2) is 10.9 Å². The number of H-pyrrole nitrogens is 1. The molecule has 0 aromatic carbocycles. The lowest BCUT2D eigenvalue weighted by atomic mass is 10.2. The highest BCUT2D eigenvalue weighted by Crippen LogP contribution is 2.24. The lowest BCUT2D eigenvalue weighted by Crippen LogP contribution is -1.99. The molecular formula is C9H9N3O3S. The third-order valence-electron chi connectivity index (χ3n) is 1.96. The van der Waals surface area contributed by atoms with Crippen LogP contribution in [-0.4, -0.2) is 32.5 Å². The smallest absolute Gasteiger partial charge is 0.354 e. The largest absolute Gasteiger partial charge is 0.477 e. The van der Waals surface area contributed by atoms with Crippen molar-refractivity contribution in [1.29, 1.82) is 0 Å². The molecule has 0 fully saturated rings. The standard InChI is InChI=1S/C9H9N3O3S/c1-4-3-5(12-15-4)6-7(8(13)14)11-9(10-6)16-2/h3H,1-2H3,(H,10,11)(H,13,14). The van der Waals surface area contributed by atoms with Crippen molar-refractivity contribution < 1.29 is 14.4 Å². The second-order valence-corrected chi connectivity index (χ2v) is 3.89. The molecule has 0 saturated carbocycles. The van der Waals surface area contributed by atoms with Crippen LogP contribution in [0.25, 0.3) is 11.4 Å². The Labute approximate surface area is 95.1 Å². The molecule has 2 rings (SSSR count). The summed E-state index contributed by atoms with van der Waals surface area (Å²) in [6.45, 7) is 1.74. The van der Waals surface area contributed by atoms with E-state index in [4.69, 9.17) is 9.63 Å². The Kier molecular flexibility index (Phi) is 2.69. The van der Waals surface area contributed by atoms with Crippen LogP contribution in [-0.2, 0) is 0 Å². The quantitative estimate of drug-likeness (QED) is 0.793. The van der Waals surface area contributed by atoms with E-state index in [1.54, 1.807) is 13.0 Å². The summed E-state index contributed by atoms with van der Waals surface area (Å²) in [5.74, 6) is -0.455. The fraction of sp³-hybridized carbons (Fsp3) is 0.222. The number of nitrogens with zero attached hydrogens (tertiary/aromatic N) is 2. The molecule has 0 aliphatic carbocycles. The normalized spacial score (nSPS) is 10.6. The van der Waals surface area contributed by atoms with Crippen LogP contribution < -0.4 is 0 Å². The fourth-order valence-electron chi connectivity index (χ4n) is 1.27. The summed E-state index contributed by atoms with van der Waals surface area (Å²) in [7, 11) is 0. The highest BCUT2D eigenvalue weighted by Gasteiger charge is 2.20. The Balaban J connectivity index is 2.54. The number of carbonyl (C=O) groups is 1. The topological polar surface area (TPSA) is 92.0 Å². The predicted octanol–water partition coefficient (Wildman–Crippen LogP) is 1.79. The molecule has 2 heterocycles. The Hall–Kier alpha value is -1.76. The van der Waals surface area contributed by atoms with Crippen molar-refractivity contribution in [2.24, 2.45) is 0 Å². The maximum absolute atomic E-state index is 11.0. The van der Waals surface area contributed by atoms with Crippen LogP contribution in [0.3, 0.4) is 0 Å². The summed E-state index contributed by atoms with van der Waals surface area (Å²) in [4.78, 5) is 17.8. The van der Waals surface area contributed by atoms with Crippen molar-refractivity contribution in [3.63, 3.8) is 0 Å². The lowest BCUT2D eigenvalue weighted by Gasteiger charge is -1.90. The van der Waals surface area contributed by atoms with E-state index in [1.165, 1.54) is 11.8 Å². The molecule has 0 bridgehead atoms. The van der Waals surface area contributed by atoms with Gasteiger partial charge in [-0.25, -0.2) is 9.78 Å². The van der Waals surface area contributed by atoms with E-state index < -0.39 is 5.97 Å². The molecule has 7 heteroatoms. The highest BCUT2D eigenvalue weighted by molar-refractivity contribution is 7.98. The van der Waals surface area contributed by atoms with Crippen LogP contribution in [0.15, 0.2) is 15.7 Å². The van der Waals surface area contributed by atoms with Crippen LogP contribution >= 0.6 is 11.8 Å². The average molecular weight is 239 g/mol. The van der Waals surface area contributed by atoms with Crippen LogP contribution in [0, 0.1) is 6.92 Å². The summed E-state index contributed by atoms with van der Waals surface area (Å²) in [5.41, 5.74) is 0.748. The first-order valence-electron chi connectivity index (χ1n) is 4.42. The number of thioether (sulfide) groups is 1. The molecule has 0 aliphatic rings. The monoisotopic (exact) mass is 239 g/mol. The van der Waals surface area contributed by atoms with Gasteiger partial charge in [-0.05, 0) is 13.2 Å². The van der Waals surface area contributed by atoms with Gasteiger partial charge in [0.05, 0.1) is 0 Å².